The van der Waals surface area contributed by atoms with Crippen LogP contribution in [0.4, 0.5) is 0 Å². The van der Waals surface area contributed by atoms with Crippen molar-refractivity contribution in [2.75, 3.05) is 7.05 Å². The molecule has 2 nitrogen and oxygen atoms in total. The van der Waals surface area contributed by atoms with E-state index in [9.17, 15) is 0 Å². The second-order valence-corrected chi connectivity index (χ2v) is 3.63. The van der Waals surface area contributed by atoms with E-state index in [4.69, 9.17) is 0 Å². The van der Waals surface area contributed by atoms with E-state index >= 15 is 0 Å². The van der Waals surface area contributed by atoms with Gasteiger partial charge in [0.2, 0.25) is 0 Å². The van der Waals surface area contributed by atoms with Gasteiger partial charge in [0.05, 0.1) is 0 Å². The Bertz CT molecular complexity index is 229. The fraction of sp³-hybridized carbons (Fsp3) is 0.500. The summed E-state index contributed by atoms with van der Waals surface area (Å²) in [5.74, 6) is 0. The summed E-state index contributed by atoms with van der Waals surface area (Å²) in [7, 11) is 1.98. The quantitative estimate of drug-likeness (QED) is 0.734. The van der Waals surface area contributed by atoms with Gasteiger partial charge in [-0.05, 0) is 33.0 Å². The number of hydrogen-bond donors (Lipinski definition) is 1. The topological polar surface area (TPSA) is 24.9 Å². The zero-order chi connectivity index (χ0) is 9.03. The summed E-state index contributed by atoms with van der Waals surface area (Å²) in [5.41, 5.74) is 1.27. The van der Waals surface area contributed by atoms with Gasteiger partial charge in [-0.1, -0.05) is 6.07 Å². The van der Waals surface area contributed by atoms with Gasteiger partial charge in [0.1, 0.15) is 0 Å². The van der Waals surface area contributed by atoms with Crippen LogP contribution >= 0.6 is 0 Å². The van der Waals surface area contributed by atoms with Gasteiger partial charge in [0.15, 0.2) is 0 Å². The summed E-state index contributed by atoms with van der Waals surface area (Å²) in [6.45, 7) is 4.34. The Labute approximate surface area is 74.0 Å². The lowest BCUT2D eigenvalue weighted by atomic mass is 9.98. The van der Waals surface area contributed by atoms with Crippen LogP contribution in [0.3, 0.4) is 0 Å². The normalized spacial score (nSPS) is 11.6. The van der Waals surface area contributed by atoms with Crippen molar-refractivity contribution in [1.82, 2.24) is 10.3 Å². The third-order valence-electron chi connectivity index (χ3n) is 2.03. The summed E-state index contributed by atoms with van der Waals surface area (Å²) in [4.78, 5) is 4.27. The lowest BCUT2D eigenvalue weighted by Gasteiger charge is -2.23. The van der Waals surface area contributed by atoms with Crippen LogP contribution in [-0.2, 0) is 6.42 Å². The Balaban J connectivity index is 2.64. The summed E-state index contributed by atoms with van der Waals surface area (Å²) in [6.07, 6.45) is 2.80. The highest BCUT2D eigenvalue weighted by atomic mass is 14.9. The second kappa shape index (κ2) is 3.68. The maximum absolute atomic E-state index is 4.27. The van der Waals surface area contributed by atoms with Crippen LogP contribution in [0.1, 0.15) is 19.5 Å². The molecule has 66 valence electrons. The van der Waals surface area contributed by atoms with Crippen molar-refractivity contribution in [2.24, 2.45) is 0 Å². The van der Waals surface area contributed by atoms with E-state index in [1.807, 2.05) is 25.4 Å². The zero-order valence-electron chi connectivity index (χ0n) is 7.96. The average Bonchev–Trinajstić information content (AvgIpc) is 2.06. The predicted molar refractivity (Wildman–Crippen MR) is 51.1 cm³/mol. The fourth-order valence-electron chi connectivity index (χ4n) is 1.04. The smallest absolute Gasteiger partial charge is 0.0421 e. The maximum atomic E-state index is 4.27. The van der Waals surface area contributed by atoms with E-state index in [0.29, 0.717) is 0 Å². The number of rotatable bonds is 3. The summed E-state index contributed by atoms with van der Waals surface area (Å²) < 4.78 is 0. The summed E-state index contributed by atoms with van der Waals surface area (Å²) >= 11 is 0. The summed E-state index contributed by atoms with van der Waals surface area (Å²) in [5, 5.41) is 3.25. The zero-order valence-corrected chi connectivity index (χ0v) is 7.96. The molecular formula is C10H16N2. The SMILES string of the molecule is CNC(C)(C)Cc1ccccn1. The van der Waals surface area contributed by atoms with Crippen LogP contribution in [0.5, 0.6) is 0 Å². The van der Waals surface area contributed by atoms with E-state index in [1.165, 1.54) is 0 Å². The van der Waals surface area contributed by atoms with Gasteiger partial charge in [-0.3, -0.25) is 4.98 Å². The molecule has 0 aliphatic rings. The van der Waals surface area contributed by atoms with Crippen LogP contribution < -0.4 is 5.32 Å². The minimum atomic E-state index is 0.133. The lowest BCUT2D eigenvalue weighted by Crippen LogP contribution is -2.38. The first-order chi connectivity index (χ1) is 5.64. The Hall–Kier alpha value is -0.890. The monoisotopic (exact) mass is 164 g/mol. The van der Waals surface area contributed by atoms with Crippen molar-refractivity contribution in [1.29, 1.82) is 0 Å². The highest BCUT2D eigenvalue weighted by Gasteiger charge is 2.15. The highest BCUT2D eigenvalue weighted by molar-refractivity contribution is 5.06. The largest absolute Gasteiger partial charge is 0.314 e. The molecule has 0 unspecified atom stereocenters. The lowest BCUT2D eigenvalue weighted by molar-refractivity contribution is 0.418. The number of likely N-dealkylation sites (N-methyl/N-ethyl adjacent to an activating group) is 1. The minimum absolute atomic E-state index is 0.133. The Kier molecular flexibility index (Phi) is 2.82. The van der Waals surface area contributed by atoms with Crippen molar-refractivity contribution >= 4 is 0 Å². The maximum Gasteiger partial charge on any atom is 0.0421 e. The molecule has 0 atom stereocenters. The number of aromatic nitrogens is 1. The van der Waals surface area contributed by atoms with Gasteiger partial charge in [-0.2, -0.15) is 0 Å². The molecule has 1 rings (SSSR count). The van der Waals surface area contributed by atoms with E-state index in [2.05, 4.69) is 30.2 Å². The molecule has 0 aliphatic carbocycles. The molecule has 0 fully saturated rings. The van der Waals surface area contributed by atoms with Crippen molar-refractivity contribution < 1.29 is 0 Å². The van der Waals surface area contributed by atoms with Crippen molar-refractivity contribution in [2.45, 2.75) is 25.8 Å². The molecule has 0 amide bonds. The van der Waals surface area contributed by atoms with Crippen molar-refractivity contribution in [3.63, 3.8) is 0 Å². The Morgan fingerprint density at radius 1 is 1.42 bits per heavy atom. The molecule has 0 radical (unpaired) electrons. The molecule has 0 saturated carbocycles. The first-order valence-corrected chi connectivity index (χ1v) is 4.23. The van der Waals surface area contributed by atoms with E-state index in [0.717, 1.165) is 12.1 Å². The van der Waals surface area contributed by atoms with Gasteiger partial charge < -0.3 is 5.32 Å². The number of pyridine rings is 1. The van der Waals surface area contributed by atoms with E-state index in [1.54, 1.807) is 0 Å². The summed E-state index contributed by atoms with van der Waals surface area (Å²) in [6, 6.07) is 6.02. The first-order valence-electron chi connectivity index (χ1n) is 4.23. The third-order valence-corrected chi connectivity index (χ3v) is 2.03. The molecule has 0 aromatic carbocycles. The van der Waals surface area contributed by atoms with Crippen molar-refractivity contribution in [3.05, 3.63) is 30.1 Å². The van der Waals surface area contributed by atoms with Gasteiger partial charge >= 0.3 is 0 Å². The van der Waals surface area contributed by atoms with Gasteiger partial charge in [0.25, 0.3) is 0 Å². The van der Waals surface area contributed by atoms with Crippen LogP contribution in [0.25, 0.3) is 0 Å². The number of nitrogens with zero attached hydrogens (tertiary/aromatic N) is 1. The number of hydrogen-bond acceptors (Lipinski definition) is 2. The predicted octanol–water partition coefficient (Wildman–Crippen LogP) is 1.62. The van der Waals surface area contributed by atoms with Crippen molar-refractivity contribution in [3.8, 4) is 0 Å². The molecular weight excluding hydrogens is 148 g/mol. The van der Waals surface area contributed by atoms with Gasteiger partial charge in [-0.15, -0.1) is 0 Å². The van der Waals surface area contributed by atoms with Gasteiger partial charge in [-0.25, -0.2) is 0 Å². The Morgan fingerprint density at radius 2 is 2.17 bits per heavy atom. The highest BCUT2D eigenvalue weighted by Crippen LogP contribution is 2.08. The van der Waals surface area contributed by atoms with Crippen LogP contribution in [-0.4, -0.2) is 17.6 Å². The van der Waals surface area contributed by atoms with Crippen LogP contribution in [0, 0.1) is 0 Å². The van der Waals surface area contributed by atoms with Crippen LogP contribution in [0.15, 0.2) is 24.4 Å². The molecule has 1 aromatic rings. The molecule has 0 spiro atoms. The molecule has 0 bridgehead atoms. The average molecular weight is 164 g/mol. The Morgan fingerprint density at radius 3 is 2.67 bits per heavy atom. The third kappa shape index (κ3) is 2.62. The molecule has 1 N–H and O–H groups in total. The van der Waals surface area contributed by atoms with E-state index in [-0.39, 0.29) is 5.54 Å². The fourth-order valence-corrected chi connectivity index (χ4v) is 1.04. The minimum Gasteiger partial charge on any atom is -0.314 e. The molecule has 2 heteroatoms. The first kappa shape index (κ1) is 9.20. The standard InChI is InChI=1S/C10H16N2/c1-10(2,11-3)8-9-6-4-5-7-12-9/h4-7,11H,8H2,1-3H3. The molecule has 1 heterocycles. The van der Waals surface area contributed by atoms with Crippen LogP contribution in [0.2, 0.25) is 0 Å². The molecule has 0 aliphatic heterocycles. The van der Waals surface area contributed by atoms with E-state index < -0.39 is 0 Å². The number of nitrogens with one attached hydrogen (secondary N) is 1. The van der Waals surface area contributed by atoms with Gasteiger partial charge in [0, 0.05) is 23.9 Å². The molecule has 1 aromatic heterocycles. The molecule has 12 heavy (non-hydrogen) atoms. The second-order valence-electron chi connectivity index (χ2n) is 3.63. The molecule has 0 saturated heterocycles.